The molecule has 182 valence electrons. The van der Waals surface area contributed by atoms with Crippen molar-refractivity contribution in [2.75, 3.05) is 13.2 Å². The van der Waals surface area contributed by atoms with E-state index in [1.54, 1.807) is 12.1 Å². The minimum absolute atomic E-state index is 0.175. The van der Waals surface area contributed by atoms with Gasteiger partial charge in [0.15, 0.2) is 0 Å². The van der Waals surface area contributed by atoms with Crippen molar-refractivity contribution in [2.45, 2.75) is 46.1 Å². The fourth-order valence-electron chi connectivity index (χ4n) is 4.24. The second-order valence-electron chi connectivity index (χ2n) is 9.05. The van der Waals surface area contributed by atoms with Gasteiger partial charge in [-0.15, -0.1) is 0 Å². The Bertz CT molecular complexity index is 1310. The van der Waals surface area contributed by atoms with Crippen molar-refractivity contribution in [1.29, 1.82) is 0 Å². The quantitative estimate of drug-likeness (QED) is 0.256. The molecule has 0 unspecified atom stereocenters. The van der Waals surface area contributed by atoms with Crippen LogP contribution in [0.5, 0.6) is 5.75 Å². The van der Waals surface area contributed by atoms with Gasteiger partial charge in [-0.25, -0.2) is 4.98 Å². The third-order valence-corrected chi connectivity index (χ3v) is 6.39. The van der Waals surface area contributed by atoms with E-state index in [0.29, 0.717) is 36.1 Å². The summed E-state index contributed by atoms with van der Waals surface area (Å²) in [6.45, 7) is 8.35. The van der Waals surface area contributed by atoms with Gasteiger partial charge < -0.3 is 14.6 Å². The molecule has 0 spiro atoms. The lowest BCUT2D eigenvalue weighted by molar-refractivity contribution is 0.0954. The van der Waals surface area contributed by atoms with Gasteiger partial charge in [-0.2, -0.15) is 0 Å². The van der Waals surface area contributed by atoms with Crippen molar-refractivity contribution >= 4 is 28.5 Å². The summed E-state index contributed by atoms with van der Waals surface area (Å²) in [5.74, 6) is 2.16. The number of hydrogen-bond acceptors (Lipinski definition) is 3. The molecule has 0 saturated carbocycles. The Balaban J connectivity index is 1.40. The van der Waals surface area contributed by atoms with Crippen LogP contribution < -0.4 is 10.1 Å². The number of ether oxygens (including phenoxy) is 1. The van der Waals surface area contributed by atoms with E-state index in [2.05, 4.69) is 54.9 Å². The Hall–Kier alpha value is -3.31. The van der Waals surface area contributed by atoms with Crippen molar-refractivity contribution in [3.05, 3.63) is 94.3 Å². The lowest BCUT2D eigenvalue weighted by Gasteiger charge is -2.15. The SMILES string of the molecule is Cc1ccc(C(C)C)c(OCCCn2c(CCNC(=O)c3ccccc3Cl)nc3ccccc32)c1. The monoisotopic (exact) mass is 489 g/mol. The summed E-state index contributed by atoms with van der Waals surface area (Å²) in [6.07, 6.45) is 1.48. The maximum Gasteiger partial charge on any atom is 0.252 e. The van der Waals surface area contributed by atoms with Gasteiger partial charge in [-0.3, -0.25) is 4.79 Å². The molecule has 4 rings (SSSR count). The number of benzene rings is 3. The van der Waals surface area contributed by atoms with Gasteiger partial charge in [0.05, 0.1) is 28.2 Å². The average molecular weight is 490 g/mol. The van der Waals surface area contributed by atoms with Crippen LogP contribution in [0.1, 0.15) is 53.5 Å². The summed E-state index contributed by atoms with van der Waals surface area (Å²) in [6, 6.07) is 21.6. The molecular weight excluding hydrogens is 458 g/mol. The number of halogens is 1. The van der Waals surface area contributed by atoms with Crippen LogP contribution in [0.3, 0.4) is 0 Å². The number of nitrogens with zero attached hydrogens (tertiary/aromatic N) is 2. The summed E-state index contributed by atoms with van der Waals surface area (Å²) in [4.78, 5) is 17.3. The smallest absolute Gasteiger partial charge is 0.252 e. The van der Waals surface area contributed by atoms with Crippen LogP contribution >= 0.6 is 11.6 Å². The van der Waals surface area contributed by atoms with Crippen LogP contribution in [0.2, 0.25) is 5.02 Å². The molecule has 0 atom stereocenters. The number of hydrogen-bond donors (Lipinski definition) is 1. The average Bonchev–Trinajstić information content (AvgIpc) is 3.19. The molecule has 1 amide bonds. The zero-order valence-corrected chi connectivity index (χ0v) is 21.3. The fourth-order valence-corrected chi connectivity index (χ4v) is 4.46. The maximum absolute atomic E-state index is 12.5. The van der Waals surface area contributed by atoms with Gasteiger partial charge in [-0.1, -0.05) is 61.8 Å². The van der Waals surface area contributed by atoms with Crippen molar-refractivity contribution < 1.29 is 9.53 Å². The van der Waals surface area contributed by atoms with E-state index in [-0.39, 0.29) is 5.91 Å². The lowest BCUT2D eigenvalue weighted by atomic mass is 10.0. The molecule has 1 N–H and O–H groups in total. The first-order valence-electron chi connectivity index (χ1n) is 12.1. The number of amides is 1. The Morgan fingerprint density at radius 1 is 1.09 bits per heavy atom. The largest absolute Gasteiger partial charge is 0.493 e. The standard InChI is InChI=1S/C29H32ClN3O2/c1-20(2)22-14-13-21(3)19-27(22)35-18-8-17-33-26-12-7-6-11-25(26)32-28(33)15-16-31-29(34)23-9-4-5-10-24(23)30/h4-7,9-14,19-20H,8,15-18H2,1-3H3,(H,31,34). The lowest BCUT2D eigenvalue weighted by Crippen LogP contribution is -2.26. The molecule has 0 saturated heterocycles. The van der Waals surface area contributed by atoms with E-state index >= 15 is 0 Å². The van der Waals surface area contributed by atoms with Crippen LogP contribution in [-0.4, -0.2) is 28.6 Å². The van der Waals surface area contributed by atoms with E-state index in [4.69, 9.17) is 21.3 Å². The molecule has 0 radical (unpaired) electrons. The van der Waals surface area contributed by atoms with Crippen molar-refractivity contribution in [2.24, 2.45) is 0 Å². The third kappa shape index (κ3) is 6.04. The van der Waals surface area contributed by atoms with Crippen molar-refractivity contribution in [1.82, 2.24) is 14.9 Å². The van der Waals surface area contributed by atoms with Crippen LogP contribution in [0.4, 0.5) is 0 Å². The van der Waals surface area contributed by atoms with Gasteiger partial charge in [-0.05, 0) is 60.7 Å². The van der Waals surface area contributed by atoms with E-state index in [0.717, 1.165) is 35.6 Å². The molecule has 0 aliphatic heterocycles. The molecule has 0 bridgehead atoms. The predicted molar refractivity (Wildman–Crippen MR) is 143 cm³/mol. The third-order valence-electron chi connectivity index (χ3n) is 6.06. The number of rotatable bonds is 10. The molecule has 35 heavy (non-hydrogen) atoms. The summed E-state index contributed by atoms with van der Waals surface area (Å²) in [5, 5.41) is 3.42. The Labute approximate surface area is 212 Å². The number of para-hydroxylation sites is 2. The molecule has 6 heteroatoms. The van der Waals surface area contributed by atoms with Crippen LogP contribution in [0, 0.1) is 6.92 Å². The van der Waals surface area contributed by atoms with Crippen molar-refractivity contribution in [3.8, 4) is 5.75 Å². The van der Waals surface area contributed by atoms with E-state index in [1.165, 1.54) is 11.1 Å². The second-order valence-corrected chi connectivity index (χ2v) is 9.46. The number of aryl methyl sites for hydroxylation is 2. The predicted octanol–water partition coefficient (Wildman–Crippen LogP) is 6.56. The van der Waals surface area contributed by atoms with Gasteiger partial charge in [0, 0.05) is 19.5 Å². The second kappa shape index (κ2) is 11.4. The summed E-state index contributed by atoms with van der Waals surface area (Å²) < 4.78 is 8.44. The molecule has 5 nitrogen and oxygen atoms in total. The number of fused-ring (bicyclic) bond motifs is 1. The number of carbonyl (C=O) groups excluding carboxylic acids is 1. The van der Waals surface area contributed by atoms with Gasteiger partial charge in [0.1, 0.15) is 11.6 Å². The van der Waals surface area contributed by atoms with Gasteiger partial charge >= 0.3 is 0 Å². The normalized spacial score (nSPS) is 11.2. The molecule has 3 aromatic carbocycles. The van der Waals surface area contributed by atoms with E-state index in [9.17, 15) is 4.79 Å². The Kier molecular flexibility index (Phi) is 8.09. The highest BCUT2D eigenvalue weighted by atomic mass is 35.5. The Morgan fingerprint density at radius 2 is 1.86 bits per heavy atom. The fraction of sp³-hybridized carbons (Fsp3) is 0.310. The minimum atomic E-state index is -0.175. The highest BCUT2D eigenvalue weighted by Gasteiger charge is 2.13. The molecule has 0 aliphatic rings. The first-order valence-corrected chi connectivity index (χ1v) is 12.5. The van der Waals surface area contributed by atoms with Crippen molar-refractivity contribution in [3.63, 3.8) is 0 Å². The summed E-state index contributed by atoms with van der Waals surface area (Å²) in [5.41, 5.74) is 4.97. The number of imidazole rings is 1. The summed E-state index contributed by atoms with van der Waals surface area (Å²) in [7, 11) is 0. The van der Waals surface area contributed by atoms with E-state index in [1.807, 2.05) is 30.3 Å². The molecular formula is C29H32ClN3O2. The summed E-state index contributed by atoms with van der Waals surface area (Å²) >= 11 is 6.16. The number of aromatic nitrogens is 2. The first-order chi connectivity index (χ1) is 16.9. The molecule has 1 aromatic heterocycles. The zero-order chi connectivity index (χ0) is 24.8. The number of nitrogens with one attached hydrogen (secondary N) is 1. The maximum atomic E-state index is 12.5. The topological polar surface area (TPSA) is 56.1 Å². The zero-order valence-electron chi connectivity index (χ0n) is 20.6. The van der Waals surface area contributed by atoms with Crippen LogP contribution in [-0.2, 0) is 13.0 Å². The highest BCUT2D eigenvalue weighted by Crippen LogP contribution is 2.27. The molecule has 0 aliphatic carbocycles. The first kappa shape index (κ1) is 24.8. The van der Waals surface area contributed by atoms with Crippen LogP contribution in [0.15, 0.2) is 66.7 Å². The van der Waals surface area contributed by atoms with Gasteiger partial charge in [0.2, 0.25) is 0 Å². The molecule has 4 aromatic rings. The molecule has 1 heterocycles. The molecule has 0 fully saturated rings. The van der Waals surface area contributed by atoms with E-state index < -0.39 is 0 Å². The van der Waals surface area contributed by atoms with Gasteiger partial charge in [0.25, 0.3) is 5.91 Å². The minimum Gasteiger partial charge on any atom is -0.493 e. The Morgan fingerprint density at radius 3 is 2.66 bits per heavy atom. The van der Waals surface area contributed by atoms with Crippen LogP contribution in [0.25, 0.3) is 11.0 Å². The number of carbonyl (C=O) groups is 1. The highest BCUT2D eigenvalue weighted by molar-refractivity contribution is 6.33.